The van der Waals surface area contributed by atoms with Crippen molar-refractivity contribution in [3.63, 3.8) is 0 Å². The first-order valence-corrected chi connectivity index (χ1v) is 6.59. The monoisotopic (exact) mass is 238 g/mol. The van der Waals surface area contributed by atoms with Gasteiger partial charge in [-0.3, -0.25) is 0 Å². The van der Waals surface area contributed by atoms with E-state index in [1.807, 2.05) is 6.92 Å². The van der Waals surface area contributed by atoms with Crippen molar-refractivity contribution in [3.8, 4) is 0 Å². The Kier molecular flexibility index (Phi) is 5.41. The van der Waals surface area contributed by atoms with Gasteiger partial charge < -0.3 is 10.2 Å². The molecule has 1 aliphatic rings. The lowest BCUT2D eigenvalue weighted by molar-refractivity contribution is -0.0219. The van der Waals surface area contributed by atoms with Gasteiger partial charge in [0.05, 0.1) is 6.10 Å². The summed E-state index contributed by atoms with van der Waals surface area (Å²) in [6.07, 6.45) is 6.07. The van der Waals surface area contributed by atoms with E-state index in [1.165, 1.54) is 5.57 Å². The smallest absolute Gasteiger partial charge is 0.101 e. The zero-order chi connectivity index (χ0) is 13.0. The van der Waals surface area contributed by atoms with Gasteiger partial charge in [0.1, 0.15) is 6.10 Å². The Hall–Kier alpha value is -0.600. The summed E-state index contributed by atoms with van der Waals surface area (Å²) < 4.78 is 0. The maximum Gasteiger partial charge on any atom is 0.101 e. The zero-order valence-corrected chi connectivity index (χ0v) is 11.5. The second-order valence-electron chi connectivity index (χ2n) is 5.62. The van der Waals surface area contributed by atoms with Crippen molar-refractivity contribution >= 4 is 0 Å². The summed E-state index contributed by atoms with van der Waals surface area (Å²) in [5.74, 6) is 0.638. The molecule has 2 N–H and O–H groups in total. The third-order valence-electron chi connectivity index (χ3n) is 3.85. The third-order valence-corrected chi connectivity index (χ3v) is 3.85. The van der Waals surface area contributed by atoms with Gasteiger partial charge in [0.15, 0.2) is 0 Å². The van der Waals surface area contributed by atoms with Gasteiger partial charge in [0.2, 0.25) is 0 Å². The number of hydrogen-bond donors (Lipinski definition) is 2. The molecule has 0 bridgehead atoms. The van der Waals surface area contributed by atoms with E-state index in [2.05, 4.69) is 32.9 Å². The van der Waals surface area contributed by atoms with Crippen LogP contribution < -0.4 is 0 Å². The molecule has 0 unspecified atom stereocenters. The number of aliphatic hydroxyl groups excluding tert-OH is 2. The molecule has 98 valence electrons. The number of hydrogen-bond acceptors (Lipinski definition) is 2. The third kappa shape index (κ3) is 3.97. The fourth-order valence-electron chi connectivity index (χ4n) is 2.50. The summed E-state index contributed by atoms with van der Waals surface area (Å²) in [6, 6.07) is 0. The van der Waals surface area contributed by atoms with Gasteiger partial charge in [0, 0.05) is 0 Å². The number of aliphatic hydroxyl groups is 2. The minimum absolute atomic E-state index is 0.194. The molecule has 0 aromatic heterocycles. The lowest BCUT2D eigenvalue weighted by atomic mass is 9.76. The van der Waals surface area contributed by atoms with E-state index in [0.717, 1.165) is 24.8 Å². The molecule has 1 rings (SSSR count). The van der Waals surface area contributed by atoms with Crippen molar-refractivity contribution in [1.29, 1.82) is 0 Å². The van der Waals surface area contributed by atoms with Gasteiger partial charge >= 0.3 is 0 Å². The van der Waals surface area contributed by atoms with E-state index in [-0.39, 0.29) is 5.92 Å². The van der Waals surface area contributed by atoms with Crippen molar-refractivity contribution in [1.82, 2.24) is 0 Å². The predicted octanol–water partition coefficient (Wildman–Crippen LogP) is 3.06. The molecule has 0 heterocycles. The van der Waals surface area contributed by atoms with Crippen LogP contribution in [-0.2, 0) is 0 Å². The number of rotatable bonds is 4. The van der Waals surface area contributed by atoms with Crippen LogP contribution in [0.5, 0.6) is 0 Å². The fraction of sp³-hybridized carbons (Fsp3) is 0.733. The van der Waals surface area contributed by atoms with Crippen LogP contribution in [0, 0.1) is 11.8 Å². The van der Waals surface area contributed by atoms with Crippen LogP contribution in [0.4, 0.5) is 0 Å². The van der Waals surface area contributed by atoms with Crippen LogP contribution >= 0.6 is 0 Å². The highest BCUT2D eigenvalue weighted by Gasteiger charge is 2.33. The van der Waals surface area contributed by atoms with Gasteiger partial charge in [-0.25, -0.2) is 0 Å². The summed E-state index contributed by atoms with van der Waals surface area (Å²) in [5, 5.41) is 19.9. The van der Waals surface area contributed by atoms with Crippen LogP contribution in [0.15, 0.2) is 23.3 Å². The van der Waals surface area contributed by atoms with E-state index in [4.69, 9.17) is 0 Å². The molecule has 1 aliphatic carbocycles. The molecule has 0 saturated heterocycles. The standard InChI is InChI=1S/C15H26O2/c1-10(2)6-5-7-11(3)13-9-8-12(4)14(16)15(13)17/h6,8,11,13-17H,5,7,9H2,1-4H3/t11-,13-,14-,15-/m1/s1. The first-order chi connectivity index (χ1) is 7.93. The van der Waals surface area contributed by atoms with Crippen LogP contribution in [0.3, 0.4) is 0 Å². The molecule has 2 heteroatoms. The summed E-state index contributed by atoms with van der Waals surface area (Å²) in [4.78, 5) is 0. The molecule has 0 spiro atoms. The van der Waals surface area contributed by atoms with Crippen LogP contribution in [0.1, 0.15) is 47.0 Å². The quantitative estimate of drug-likeness (QED) is 0.739. The Morgan fingerprint density at radius 1 is 1.47 bits per heavy atom. The van der Waals surface area contributed by atoms with Gasteiger partial charge in [-0.1, -0.05) is 24.6 Å². The van der Waals surface area contributed by atoms with E-state index < -0.39 is 12.2 Å². The lowest BCUT2D eigenvalue weighted by Crippen LogP contribution is -2.40. The Morgan fingerprint density at radius 2 is 2.12 bits per heavy atom. The van der Waals surface area contributed by atoms with E-state index >= 15 is 0 Å². The molecular weight excluding hydrogens is 212 g/mol. The maximum absolute atomic E-state index is 10.1. The predicted molar refractivity (Wildman–Crippen MR) is 71.7 cm³/mol. The first kappa shape index (κ1) is 14.5. The molecule has 2 nitrogen and oxygen atoms in total. The molecule has 17 heavy (non-hydrogen) atoms. The SMILES string of the molecule is CC(C)=CCC[C@@H](C)[C@H]1CC=C(C)[C@@H](O)[C@@H]1O. The zero-order valence-electron chi connectivity index (χ0n) is 11.5. The van der Waals surface area contributed by atoms with Crippen molar-refractivity contribution in [3.05, 3.63) is 23.3 Å². The van der Waals surface area contributed by atoms with Gasteiger partial charge in [-0.15, -0.1) is 0 Å². The Balaban J connectivity index is 2.53. The van der Waals surface area contributed by atoms with E-state index in [0.29, 0.717) is 5.92 Å². The molecule has 0 fully saturated rings. The first-order valence-electron chi connectivity index (χ1n) is 6.59. The van der Waals surface area contributed by atoms with Crippen LogP contribution in [0.25, 0.3) is 0 Å². The van der Waals surface area contributed by atoms with Gasteiger partial charge in [0.25, 0.3) is 0 Å². The summed E-state index contributed by atoms with van der Waals surface area (Å²) in [7, 11) is 0. The summed E-state index contributed by atoms with van der Waals surface area (Å²) in [5.41, 5.74) is 2.25. The molecular formula is C15H26O2. The molecule has 0 aliphatic heterocycles. The average Bonchev–Trinajstić information content (AvgIpc) is 2.25. The molecule has 0 radical (unpaired) electrons. The van der Waals surface area contributed by atoms with Crippen LogP contribution in [0.2, 0.25) is 0 Å². The molecule has 0 amide bonds. The van der Waals surface area contributed by atoms with Crippen molar-refractivity contribution in [2.45, 2.75) is 59.2 Å². The Bertz CT molecular complexity index is 300. The average molecular weight is 238 g/mol. The summed E-state index contributed by atoms with van der Waals surface area (Å²) >= 11 is 0. The molecule has 4 atom stereocenters. The molecule has 0 aromatic carbocycles. The highest BCUT2D eigenvalue weighted by molar-refractivity contribution is 5.13. The fourth-order valence-corrected chi connectivity index (χ4v) is 2.50. The highest BCUT2D eigenvalue weighted by Crippen LogP contribution is 2.32. The molecule has 0 saturated carbocycles. The largest absolute Gasteiger partial charge is 0.390 e. The second kappa shape index (κ2) is 6.36. The minimum Gasteiger partial charge on any atom is -0.390 e. The Morgan fingerprint density at radius 3 is 2.71 bits per heavy atom. The van der Waals surface area contributed by atoms with Gasteiger partial charge in [-0.05, 0) is 57.4 Å². The Labute approximate surface area is 105 Å². The normalized spacial score (nSPS) is 30.7. The lowest BCUT2D eigenvalue weighted by Gasteiger charge is -2.34. The minimum atomic E-state index is -0.667. The van der Waals surface area contributed by atoms with Crippen LogP contribution in [-0.4, -0.2) is 22.4 Å². The highest BCUT2D eigenvalue weighted by atomic mass is 16.3. The van der Waals surface area contributed by atoms with Crippen molar-refractivity contribution < 1.29 is 10.2 Å². The second-order valence-corrected chi connectivity index (χ2v) is 5.62. The molecule has 0 aromatic rings. The van der Waals surface area contributed by atoms with Gasteiger partial charge in [-0.2, -0.15) is 0 Å². The topological polar surface area (TPSA) is 40.5 Å². The van der Waals surface area contributed by atoms with E-state index in [1.54, 1.807) is 0 Å². The summed E-state index contributed by atoms with van der Waals surface area (Å²) in [6.45, 7) is 8.28. The van der Waals surface area contributed by atoms with E-state index in [9.17, 15) is 10.2 Å². The number of allylic oxidation sites excluding steroid dienone is 3. The van der Waals surface area contributed by atoms with Crippen molar-refractivity contribution in [2.75, 3.05) is 0 Å². The van der Waals surface area contributed by atoms with Crippen molar-refractivity contribution in [2.24, 2.45) is 11.8 Å². The maximum atomic E-state index is 10.1.